The zero-order chi connectivity index (χ0) is 8.69. The van der Waals surface area contributed by atoms with Crippen LogP contribution >= 0.6 is 0 Å². The van der Waals surface area contributed by atoms with Crippen LogP contribution in [0.4, 0.5) is 0 Å². The van der Waals surface area contributed by atoms with Gasteiger partial charge in [0.25, 0.3) is 0 Å². The minimum absolute atomic E-state index is 1.18. The molecule has 1 aliphatic carbocycles. The Morgan fingerprint density at radius 2 is 1.36 bits per heavy atom. The Kier molecular flexibility index (Phi) is 6.57. The second-order valence-electron chi connectivity index (χ2n) is 3.56. The van der Waals surface area contributed by atoms with Crippen molar-refractivity contribution >= 4 is 0 Å². The molecule has 0 aliphatic heterocycles. The summed E-state index contributed by atoms with van der Waals surface area (Å²) in [7, 11) is 6.00. The van der Waals surface area contributed by atoms with Crippen molar-refractivity contribution in [2.45, 2.75) is 32.1 Å². The van der Waals surface area contributed by atoms with Crippen molar-refractivity contribution in [1.29, 1.82) is 0 Å². The van der Waals surface area contributed by atoms with Crippen LogP contribution in [0, 0.1) is 6.04 Å². The minimum atomic E-state index is 1.18. The third kappa shape index (κ3) is 9.92. The van der Waals surface area contributed by atoms with Crippen LogP contribution in [-0.2, 0) is 0 Å². The van der Waals surface area contributed by atoms with Crippen molar-refractivity contribution in [1.82, 2.24) is 4.90 Å². The van der Waals surface area contributed by atoms with Gasteiger partial charge in [-0.15, -0.1) is 0 Å². The summed E-state index contributed by atoms with van der Waals surface area (Å²) in [5, 5.41) is 0. The molecule has 2 N–H and O–H groups in total. The third-order valence-corrected chi connectivity index (χ3v) is 1.50. The van der Waals surface area contributed by atoms with E-state index in [0.29, 0.717) is 0 Å². The first-order valence-corrected chi connectivity index (χ1v) is 4.34. The molecule has 1 rings (SSSR count). The van der Waals surface area contributed by atoms with Gasteiger partial charge in [-0.2, -0.15) is 0 Å². The molecule has 0 heterocycles. The van der Waals surface area contributed by atoms with Crippen LogP contribution in [0.1, 0.15) is 32.1 Å². The standard InChI is InChI=1S/C6H12N.C3H9N/c7-6-4-2-1-3-5-6;1-4(2)3/h1-5,7H2;1-3H3. The van der Waals surface area contributed by atoms with Gasteiger partial charge in [0.2, 0.25) is 0 Å². The van der Waals surface area contributed by atoms with Crippen molar-refractivity contribution < 1.29 is 0 Å². The molecule has 0 bridgehead atoms. The first-order chi connectivity index (χ1) is 5.13. The zero-order valence-electron chi connectivity index (χ0n) is 8.06. The van der Waals surface area contributed by atoms with E-state index in [9.17, 15) is 0 Å². The van der Waals surface area contributed by atoms with Crippen LogP contribution in [0.15, 0.2) is 0 Å². The number of nitrogens with two attached hydrogens (primary N) is 1. The summed E-state index contributed by atoms with van der Waals surface area (Å²) in [4.78, 5) is 2.00. The molecule has 1 saturated carbocycles. The highest BCUT2D eigenvalue weighted by Crippen LogP contribution is 2.19. The molecule has 0 amide bonds. The molecular formula is C9H21N2. The van der Waals surface area contributed by atoms with Gasteiger partial charge in [0.05, 0.1) is 0 Å². The van der Waals surface area contributed by atoms with E-state index in [1.165, 1.54) is 38.1 Å². The van der Waals surface area contributed by atoms with Crippen molar-refractivity contribution in [3.8, 4) is 0 Å². The van der Waals surface area contributed by atoms with E-state index < -0.39 is 0 Å². The Balaban J connectivity index is 0.000000218. The van der Waals surface area contributed by atoms with Gasteiger partial charge in [-0.05, 0) is 34.0 Å². The maximum atomic E-state index is 5.55. The lowest BCUT2D eigenvalue weighted by Gasteiger charge is -2.14. The van der Waals surface area contributed by atoms with E-state index in [-0.39, 0.29) is 0 Å². The summed E-state index contributed by atoms with van der Waals surface area (Å²) >= 11 is 0. The smallest absolute Gasteiger partial charge is 0.0336 e. The average Bonchev–Trinajstić information content (AvgIpc) is 1.87. The van der Waals surface area contributed by atoms with Crippen molar-refractivity contribution in [2.24, 2.45) is 5.73 Å². The van der Waals surface area contributed by atoms with Gasteiger partial charge in [-0.3, -0.25) is 0 Å². The second-order valence-corrected chi connectivity index (χ2v) is 3.56. The Bertz CT molecular complexity index is 72.9. The van der Waals surface area contributed by atoms with Crippen LogP contribution in [0.2, 0.25) is 0 Å². The average molecular weight is 157 g/mol. The Labute approximate surface area is 70.8 Å². The normalized spacial score (nSPS) is 19.4. The molecule has 0 saturated heterocycles. The fraction of sp³-hybridized carbons (Fsp3) is 0.889. The summed E-state index contributed by atoms with van der Waals surface area (Å²) in [6, 6.07) is 1.21. The number of hydrogen-bond donors (Lipinski definition) is 1. The molecule has 0 unspecified atom stereocenters. The van der Waals surface area contributed by atoms with Gasteiger partial charge in [-0.1, -0.05) is 19.3 Å². The second kappa shape index (κ2) is 6.62. The Morgan fingerprint density at radius 3 is 1.55 bits per heavy atom. The predicted molar refractivity (Wildman–Crippen MR) is 50.1 cm³/mol. The third-order valence-electron chi connectivity index (χ3n) is 1.50. The maximum Gasteiger partial charge on any atom is 0.0336 e. The van der Waals surface area contributed by atoms with E-state index in [1.54, 1.807) is 0 Å². The number of hydrogen-bond acceptors (Lipinski definition) is 2. The molecule has 0 aromatic carbocycles. The highest BCUT2D eigenvalue weighted by Gasteiger charge is 2.07. The summed E-state index contributed by atoms with van der Waals surface area (Å²) in [6.07, 6.45) is 6.40. The van der Waals surface area contributed by atoms with E-state index in [4.69, 9.17) is 5.73 Å². The minimum Gasteiger partial charge on any atom is -0.324 e. The van der Waals surface area contributed by atoms with Crippen LogP contribution in [0.5, 0.6) is 0 Å². The molecule has 0 aromatic heterocycles. The molecule has 1 aliphatic rings. The fourth-order valence-corrected chi connectivity index (χ4v) is 1.01. The van der Waals surface area contributed by atoms with E-state index >= 15 is 0 Å². The van der Waals surface area contributed by atoms with Gasteiger partial charge in [-0.25, -0.2) is 0 Å². The molecule has 0 aromatic rings. The lowest BCUT2D eigenvalue weighted by Crippen LogP contribution is -2.12. The van der Waals surface area contributed by atoms with Crippen LogP contribution in [0.3, 0.4) is 0 Å². The highest BCUT2D eigenvalue weighted by atomic mass is 15.0. The Hall–Kier alpha value is -0.0800. The summed E-state index contributed by atoms with van der Waals surface area (Å²) in [6.45, 7) is 0. The predicted octanol–water partition coefficient (Wildman–Crippen LogP) is 1.62. The van der Waals surface area contributed by atoms with Crippen molar-refractivity contribution in [3.63, 3.8) is 0 Å². The molecule has 0 spiro atoms. The first-order valence-electron chi connectivity index (χ1n) is 4.34. The van der Waals surface area contributed by atoms with Crippen LogP contribution in [-0.4, -0.2) is 26.0 Å². The lowest BCUT2D eigenvalue weighted by atomic mass is 9.97. The molecule has 67 valence electrons. The van der Waals surface area contributed by atoms with Crippen LogP contribution < -0.4 is 5.73 Å². The summed E-state index contributed by atoms with van der Waals surface area (Å²) in [5.74, 6) is 0. The lowest BCUT2D eigenvalue weighted by molar-refractivity contribution is 0.505. The highest BCUT2D eigenvalue weighted by molar-refractivity contribution is 4.84. The fourth-order valence-electron chi connectivity index (χ4n) is 1.01. The molecule has 2 nitrogen and oxygen atoms in total. The number of nitrogens with zero attached hydrogens (tertiary/aromatic N) is 1. The van der Waals surface area contributed by atoms with Crippen LogP contribution in [0.25, 0.3) is 0 Å². The molecular weight excluding hydrogens is 136 g/mol. The largest absolute Gasteiger partial charge is 0.324 e. The first kappa shape index (κ1) is 10.9. The molecule has 11 heavy (non-hydrogen) atoms. The van der Waals surface area contributed by atoms with Gasteiger partial charge >= 0.3 is 0 Å². The van der Waals surface area contributed by atoms with Gasteiger partial charge in [0.15, 0.2) is 0 Å². The van der Waals surface area contributed by atoms with E-state index in [0.717, 1.165) is 0 Å². The number of rotatable bonds is 0. The summed E-state index contributed by atoms with van der Waals surface area (Å²) < 4.78 is 0. The van der Waals surface area contributed by atoms with Gasteiger partial charge in [0.1, 0.15) is 0 Å². The van der Waals surface area contributed by atoms with Gasteiger partial charge in [0, 0.05) is 6.04 Å². The van der Waals surface area contributed by atoms with Gasteiger partial charge < -0.3 is 10.6 Å². The molecule has 2 heteroatoms. The van der Waals surface area contributed by atoms with E-state index in [2.05, 4.69) is 0 Å². The van der Waals surface area contributed by atoms with Crippen molar-refractivity contribution in [3.05, 3.63) is 6.04 Å². The molecule has 1 fully saturated rings. The zero-order valence-corrected chi connectivity index (χ0v) is 8.06. The quantitative estimate of drug-likeness (QED) is 0.579. The van der Waals surface area contributed by atoms with E-state index in [1.807, 2.05) is 26.0 Å². The van der Waals surface area contributed by atoms with Crippen molar-refractivity contribution in [2.75, 3.05) is 21.1 Å². The Morgan fingerprint density at radius 1 is 1.00 bits per heavy atom. The molecule has 1 radical (unpaired) electrons. The monoisotopic (exact) mass is 157 g/mol. The summed E-state index contributed by atoms with van der Waals surface area (Å²) in [5.41, 5.74) is 5.55. The SMILES string of the molecule is CN(C)C.N[C]1CCCCC1. The maximum absolute atomic E-state index is 5.55. The molecule has 0 atom stereocenters. The topological polar surface area (TPSA) is 29.3 Å².